The summed E-state index contributed by atoms with van der Waals surface area (Å²) in [5, 5.41) is 5.32. The first-order valence-electron chi connectivity index (χ1n) is 5.70. The Kier molecular flexibility index (Phi) is 4.76. The SMILES string of the molecule is CCNCCCc1ncc(-c2sccc2Br)o1. The van der Waals surface area contributed by atoms with Crippen molar-refractivity contribution in [2.24, 2.45) is 0 Å². The molecular weight excluding hydrogens is 300 g/mol. The molecule has 0 radical (unpaired) electrons. The maximum Gasteiger partial charge on any atom is 0.194 e. The molecule has 0 aliphatic carbocycles. The highest BCUT2D eigenvalue weighted by Crippen LogP contribution is 2.33. The van der Waals surface area contributed by atoms with Crippen molar-refractivity contribution in [2.75, 3.05) is 13.1 Å². The lowest BCUT2D eigenvalue weighted by atomic mass is 10.3. The van der Waals surface area contributed by atoms with Crippen molar-refractivity contribution in [2.45, 2.75) is 19.8 Å². The number of halogens is 1. The Labute approximate surface area is 113 Å². The Hall–Kier alpha value is -0.650. The van der Waals surface area contributed by atoms with E-state index >= 15 is 0 Å². The lowest BCUT2D eigenvalue weighted by molar-refractivity contribution is 0.493. The molecule has 1 N–H and O–H groups in total. The molecule has 0 aromatic carbocycles. The number of aryl methyl sites for hydroxylation is 1. The van der Waals surface area contributed by atoms with Gasteiger partial charge in [-0.3, -0.25) is 0 Å². The quantitative estimate of drug-likeness (QED) is 0.826. The van der Waals surface area contributed by atoms with Crippen molar-refractivity contribution in [3.8, 4) is 10.6 Å². The number of nitrogens with one attached hydrogen (secondary N) is 1. The van der Waals surface area contributed by atoms with Gasteiger partial charge in [-0.2, -0.15) is 0 Å². The summed E-state index contributed by atoms with van der Waals surface area (Å²) >= 11 is 5.15. The molecule has 2 rings (SSSR count). The van der Waals surface area contributed by atoms with E-state index in [1.807, 2.05) is 11.4 Å². The van der Waals surface area contributed by atoms with Crippen molar-refractivity contribution >= 4 is 27.3 Å². The zero-order valence-electron chi connectivity index (χ0n) is 9.70. The zero-order chi connectivity index (χ0) is 12.1. The van der Waals surface area contributed by atoms with Crippen molar-refractivity contribution in [1.29, 1.82) is 0 Å². The van der Waals surface area contributed by atoms with Gasteiger partial charge in [0.25, 0.3) is 0 Å². The van der Waals surface area contributed by atoms with E-state index in [1.54, 1.807) is 17.5 Å². The van der Waals surface area contributed by atoms with Gasteiger partial charge >= 0.3 is 0 Å². The van der Waals surface area contributed by atoms with Gasteiger partial charge in [-0.15, -0.1) is 11.3 Å². The molecule has 17 heavy (non-hydrogen) atoms. The molecule has 0 saturated heterocycles. The first-order valence-corrected chi connectivity index (χ1v) is 7.37. The van der Waals surface area contributed by atoms with E-state index in [0.29, 0.717) is 0 Å². The molecule has 2 aromatic heterocycles. The Morgan fingerprint density at radius 1 is 1.53 bits per heavy atom. The van der Waals surface area contributed by atoms with Gasteiger partial charge in [0.15, 0.2) is 11.7 Å². The van der Waals surface area contributed by atoms with Gasteiger partial charge in [0.05, 0.1) is 11.1 Å². The zero-order valence-corrected chi connectivity index (χ0v) is 12.1. The Balaban J connectivity index is 1.95. The van der Waals surface area contributed by atoms with Crippen molar-refractivity contribution in [3.05, 3.63) is 28.0 Å². The van der Waals surface area contributed by atoms with Crippen LogP contribution in [0.1, 0.15) is 19.2 Å². The van der Waals surface area contributed by atoms with Crippen molar-refractivity contribution in [3.63, 3.8) is 0 Å². The topological polar surface area (TPSA) is 38.1 Å². The standard InChI is InChI=1S/C12H15BrN2OS/c1-2-14-6-3-4-11-15-8-10(16-11)12-9(13)5-7-17-12/h5,7-8,14H,2-4,6H2,1H3. The number of oxazole rings is 1. The van der Waals surface area contributed by atoms with Crippen LogP contribution in [0.5, 0.6) is 0 Å². The van der Waals surface area contributed by atoms with Crippen LogP contribution in [0, 0.1) is 0 Å². The van der Waals surface area contributed by atoms with E-state index in [1.165, 1.54) is 0 Å². The number of thiophene rings is 1. The molecule has 0 atom stereocenters. The van der Waals surface area contributed by atoms with E-state index in [0.717, 1.165) is 46.9 Å². The number of hydrogen-bond donors (Lipinski definition) is 1. The van der Waals surface area contributed by atoms with E-state index in [-0.39, 0.29) is 0 Å². The summed E-state index contributed by atoms with van der Waals surface area (Å²) in [6.07, 6.45) is 3.74. The minimum atomic E-state index is 0.818. The molecule has 0 unspecified atom stereocenters. The molecule has 0 aliphatic heterocycles. The van der Waals surface area contributed by atoms with Crippen LogP contribution in [0.2, 0.25) is 0 Å². The molecule has 0 saturated carbocycles. The lowest BCUT2D eigenvalue weighted by Gasteiger charge is -1.98. The van der Waals surface area contributed by atoms with Gasteiger partial charge in [0.2, 0.25) is 0 Å². The average Bonchev–Trinajstić information content (AvgIpc) is 2.93. The van der Waals surface area contributed by atoms with Crippen LogP contribution in [0.3, 0.4) is 0 Å². The number of nitrogens with zero attached hydrogens (tertiary/aromatic N) is 1. The molecule has 0 spiro atoms. The van der Waals surface area contributed by atoms with Crippen LogP contribution in [-0.2, 0) is 6.42 Å². The predicted molar refractivity (Wildman–Crippen MR) is 74.4 cm³/mol. The fourth-order valence-electron chi connectivity index (χ4n) is 1.54. The number of hydrogen-bond acceptors (Lipinski definition) is 4. The molecule has 0 aliphatic rings. The summed E-state index contributed by atoms with van der Waals surface area (Å²) in [6, 6.07) is 2.02. The summed E-state index contributed by atoms with van der Waals surface area (Å²) < 4.78 is 6.80. The van der Waals surface area contributed by atoms with E-state index in [2.05, 4.69) is 33.2 Å². The molecule has 92 valence electrons. The molecule has 0 fully saturated rings. The highest BCUT2D eigenvalue weighted by atomic mass is 79.9. The highest BCUT2D eigenvalue weighted by molar-refractivity contribution is 9.10. The van der Waals surface area contributed by atoms with Crippen molar-refractivity contribution in [1.82, 2.24) is 10.3 Å². The minimum absolute atomic E-state index is 0.818. The maximum absolute atomic E-state index is 5.73. The third-order valence-corrected chi connectivity index (χ3v) is 4.24. The van der Waals surface area contributed by atoms with Crippen LogP contribution in [0.15, 0.2) is 26.5 Å². The Bertz CT molecular complexity index is 467. The monoisotopic (exact) mass is 314 g/mol. The van der Waals surface area contributed by atoms with Crippen LogP contribution in [-0.4, -0.2) is 18.1 Å². The third kappa shape index (κ3) is 3.40. The van der Waals surface area contributed by atoms with Crippen LogP contribution in [0.4, 0.5) is 0 Å². The van der Waals surface area contributed by atoms with Crippen molar-refractivity contribution < 1.29 is 4.42 Å². The second-order valence-corrected chi connectivity index (χ2v) is 5.44. The highest BCUT2D eigenvalue weighted by Gasteiger charge is 2.10. The second kappa shape index (κ2) is 6.33. The number of aromatic nitrogens is 1. The summed E-state index contributed by atoms with van der Waals surface area (Å²) in [5.41, 5.74) is 0. The normalized spacial score (nSPS) is 10.9. The van der Waals surface area contributed by atoms with Gasteiger partial charge in [-0.05, 0) is 46.9 Å². The molecule has 5 heteroatoms. The van der Waals surface area contributed by atoms with Gasteiger partial charge < -0.3 is 9.73 Å². The van der Waals surface area contributed by atoms with Gasteiger partial charge in [-0.25, -0.2) is 4.98 Å². The van der Waals surface area contributed by atoms with E-state index < -0.39 is 0 Å². The second-order valence-electron chi connectivity index (χ2n) is 3.67. The first kappa shape index (κ1) is 12.8. The first-order chi connectivity index (χ1) is 8.31. The predicted octanol–water partition coefficient (Wildman–Crippen LogP) is 3.71. The minimum Gasteiger partial charge on any atom is -0.440 e. The van der Waals surface area contributed by atoms with Crippen LogP contribution in [0.25, 0.3) is 10.6 Å². The summed E-state index contributed by atoms with van der Waals surface area (Å²) in [4.78, 5) is 5.41. The fourth-order valence-corrected chi connectivity index (χ4v) is 3.06. The smallest absolute Gasteiger partial charge is 0.194 e. The molecule has 2 aromatic rings. The maximum atomic E-state index is 5.73. The van der Waals surface area contributed by atoms with Crippen LogP contribution < -0.4 is 5.32 Å². The van der Waals surface area contributed by atoms with E-state index in [4.69, 9.17) is 4.42 Å². The summed E-state index contributed by atoms with van der Waals surface area (Å²) in [5.74, 6) is 1.67. The lowest BCUT2D eigenvalue weighted by Crippen LogP contribution is -2.14. The van der Waals surface area contributed by atoms with Gasteiger partial charge in [0, 0.05) is 10.9 Å². The number of rotatable bonds is 6. The average molecular weight is 315 g/mol. The van der Waals surface area contributed by atoms with E-state index in [9.17, 15) is 0 Å². The summed E-state index contributed by atoms with van der Waals surface area (Å²) in [6.45, 7) is 4.13. The van der Waals surface area contributed by atoms with Crippen LogP contribution >= 0.6 is 27.3 Å². The largest absolute Gasteiger partial charge is 0.440 e. The molecule has 2 heterocycles. The molecular formula is C12H15BrN2OS. The van der Waals surface area contributed by atoms with Gasteiger partial charge in [-0.1, -0.05) is 6.92 Å². The van der Waals surface area contributed by atoms with Gasteiger partial charge in [0.1, 0.15) is 0 Å². The molecule has 0 bridgehead atoms. The Morgan fingerprint density at radius 2 is 2.41 bits per heavy atom. The third-order valence-electron chi connectivity index (χ3n) is 2.39. The molecule has 3 nitrogen and oxygen atoms in total. The molecule has 0 amide bonds. The summed E-state index contributed by atoms with van der Waals surface area (Å²) in [7, 11) is 0. The fraction of sp³-hybridized carbons (Fsp3) is 0.417. The Morgan fingerprint density at radius 3 is 3.12 bits per heavy atom.